The number of benzene rings is 2. The van der Waals surface area contributed by atoms with E-state index in [1.165, 1.54) is 0 Å². The summed E-state index contributed by atoms with van der Waals surface area (Å²) in [6.45, 7) is 6.40. The predicted molar refractivity (Wildman–Crippen MR) is 119 cm³/mol. The van der Waals surface area contributed by atoms with Crippen molar-refractivity contribution in [1.82, 2.24) is 4.98 Å². The van der Waals surface area contributed by atoms with Crippen LogP contribution in [0.4, 0.5) is 16.2 Å². The third-order valence-electron chi connectivity index (χ3n) is 4.11. The van der Waals surface area contributed by atoms with Crippen LogP contribution in [0.5, 0.6) is 11.6 Å². The van der Waals surface area contributed by atoms with Gasteiger partial charge < -0.3 is 15.4 Å². The molecular formula is C22H21Cl2N3O2. The standard InChI is InChI=1S/C22H21Cl2N3O2/c1-22(2,3)14-6-4-7-16(12-14)29-20-19(8-5-11-25-20)27-21(28)26-15-9-10-17(23)18(24)13-15/h4-13H,1-3H3,(H2,26,27,28). The molecule has 5 nitrogen and oxygen atoms in total. The van der Waals surface area contributed by atoms with Gasteiger partial charge in [0.2, 0.25) is 5.88 Å². The van der Waals surface area contributed by atoms with E-state index in [0.29, 0.717) is 33.0 Å². The van der Waals surface area contributed by atoms with Crippen molar-refractivity contribution in [3.8, 4) is 11.6 Å². The van der Waals surface area contributed by atoms with Crippen molar-refractivity contribution in [2.24, 2.45) is 0 Å². The minimum atomic E-state index is -0.454. The molecule has 0 saturated carbocycles. The molecule has 0 unspecified atom stereocenters. The fraction of sp³-hybridized carbons (Fsp3) is 0.182. The average Bonchev–Trinajstić information content (AvgIpc) is 2.66. The van der Waals surface area contributed by atoms with E-state index in [9.17, 15) is 4.79 Å². The quantitative estimate of drug-likeness (QED) is 0.463. The molecule has 3 rings (SSSR count). The van der Waals surface area contributed by atoms with Crippen LogP contribution in [0.1, 0.15) is 26.3 Å². The number of amides is 2. The van der Waals surface area contributed by atoms with Gasteiger partial charge in [0.05, 0.1) is 10.0 Å². The molecule has 0 saturated heterocycles. The third-order valence-corrected chi connectivity index (χ3v) is 4.85. The van der Waals surface area contributed by atoms with Gasteiger partial charge in [-0.25, -0.2) is 9.78 Å². The second-order valence-electron chi connectivity index (χ2n) is 7.44. The summed E-state index contributed by atoms with van der Waals surface area (Å²) in [5.74, 6) is 0.937. The van der Waals surface area contributed by atoms with Crippen molar-refractivity contribution in [3.63, 3.8) is 0 Å². The summed E-state index contributed by atoms with van der Waals surface area (Å²) >= 11 is 11.9. The van der Waals surface area contributed by atoms with Gasteiger partial charge >= 0.3 is 6.03 Å². The molecule has 0 aliphatic rings. The Labute approximate surface area is 180 Å². The highest BCUT2D eigenvalue weighted by Crippen LogP contribution is 2.31. The molecule has 0 aliphatic heterocycles. The maximum atomic E-state index is 12.4. The number of pyridine rings is 1. The number of carbonyl (C=O) groups is 1. The van der Waals surface area contributed by atoms with Gasteiger partial charge in [-0.05, 0) is 53.4 Å². The molecule has 150 valence electrons. The number of rotatable bonds is 4. The van der Waals surface area contributed by atoms with Crippen LogP contribution in [0.25, 0.3) is 0 Å². The number of nitrogens with one attached hydrogen (secondary N) is 2. The highest BCUT2D eigenvalue weighted by atomic mass is 35.5. The first kappa shape index (κ1) is 21.0. The van der Waals surface area contributed by atoms with Gasteiger partial charge in [-0.15, -0.1) is 0 Å². The summed E-state index contributed by atoms with van der Waals surface area (Å²) in [5, 5.41) is 6.22. The van der Waals surface area contributed by atoms with Crippen molar-refractivity contribution in [2.45, 2.75) is 26.2 Å². The molecule has 2 N–H and O–H groups in total. The van der Waals surface area contributed by atoms with E-state index in [-0.39, 0.29) is 5.41 Å². The molecule has 0 aliphatic carbocycles. The molecule has 0 spiro atoms. The average molecular weight is 430 g/mol. The molecule has 7 heteroatoms. The number of halogens is 2. The van der Waals surface area contributed by atoms with Gasteiger partial charge in [-0.1, -0.05) is 56.1 Å². The van der Waals surface area contributed by atoms with Crippen LogP contribution < -0.4 is 15.4 Å². The maximum Gasteiger partial charge on any atom is 0.323 e. The Morgan fingerprint density at radius 3 is 2.48 bits per heavy atom. The molecule has 0 fully saturated rings. The van der Waals surface area contributed by atoms with Gasteiger partial charge in [0.15, 0.2) is 0 Å². The lowest BCUT2D eigenvalue weighted by atomic mass is 9.87. The number of urea groups is 1. The summed E-state index contributed by atoms with van der Waals surface area (Å²) < 4.78 is 5.94. The van der Waals surface area contributed by atoms with Crippen LogP contribution in [-0.4, -0.2) is 11.0 Å². The zero-order chi connectivity index (χ0) is 21.0. The fourth-order valence-corrected chi connectivity index (χ4v) is 2.86. The number of aromatic nitrogens is 1. The van der Waals surface area contributed by atoms with Crippen molar-refractivity contribution in [2.75, 3.05) is 10.6 Å². The number of anilines is 2. The monoisotopic (exact) mass is 429 g/mol. The summed E-state index contributed by atoms with van der Waals surface area (Å²) in [7, 11) is 0. The molecular weight excluding hydrogens is 409 g/mol. The summed E-state index contributed by atoms with van der Waals surface area (Å²) in [6, 6.07) is 15.6. The summed E-state index contributed by atoms with van der Waals surface area (Å²) in [6.07, 6.45) is 1.60. The zero-order valence-corrected chi connectivity index (χ0v) is 17.8. The lowest BCUT2D eigenvalue weighted by Crippen LogP contribution is -2.20. The number of carbonyl (C=O) groups excluding carboxylic acids is 1. The summed E-state index contributed by atoms with van der Waals surface area (Å²) in [4.78, 5) is 16.6. The Morgan fingerprint density at radius 1 is 0.966 bits per heavy atom. The Hall–Kier alpha value is -2.76. The van der Waals surface area contributed by atoms with Gasteiger partial charge in [-0.2, -0.15) is 0 Å². The van der Waals surface area contributed by atoms with Crippen LogP contribution in [0.2, 0.25) is 10.0 Å². The van der Waals surface area contributed by atoms with E-state index in [0.717, 1.165) is 5.56 Å². The Kier molecular flexibility index (Phi) is 6.30. The third kappa shape index (κ3) is 5.62. The second-order valence-corrected chi connectivity index (χ2v) is 8.26. The minimum Gasteiger partial charge on any atom is -0.437 e. The van der Waals surface area contributed by atoms with Crippen LogP contribution in [0, 0.1) is 0 Å². The fourth-order valence-electron chi connectivity index (χ4n) is 2.56. The maximum absolute atomic E-state index is 12.4. The van der Waals surface area contributed by atoms with Crippen molar-refractivity contribution >= 4 is 40.6 Å². The Morgan fingerprint density at radius 2 is 1.76 bits per heavy atom. The number of ether oxygens (including phenoxy) is 1. The van der Waals surface area contributed by atoms with Crippen LogP contribution in [0.3, 0.4) is 0 Å². The largest absolute Gasteiger partial charge is 0.437 e. The Bertz CT molecular complexity index is 1030. The number of hydrogen-bond acceptors (Lipinski definition) is 3. The molecule has 3 aromatic rings. The van der Waals surface area contributed by atoms with Crippen molar-refractivity contribution in [1.29, 1.82) is 0 Å². The first-order valence-corrected chi connectivity index (χ1v) is 9.74. The molecule has 0 atom stereocenters. The number of nitrogens with zero attached hydrogens (tertiary/aromatic N) is 1. The molecule has 1 aromatic heterocycles. The number of hydrogen-bond donors (Lipinski definition) is 2. The van der Waals surface area contributed by atoms with Crippen molar-refractivity contribution in [3.05, 3.63) is 76.4 Å². The highest BCUT2D eigenvalue weighted by Gasteiger charge is 2.15. The lowest BCUT2D eigenvalue weighted by molar-refractivity contribution is 0.262. The van der Waals surface area contributed by atoms with Crippen LogP contribution in [-0.2, 0) is 5.41 Å². The molecule has 0 bridgehead atoms. The second kappa shape index (κ2) is 8.72. The Balaban J connectivity index is 1.75. The van der Waals surface area contributed by atoms with E-state index >= 15 is 0 Å². The normalized spacial score (nSPS) is 11.1. The minimum absolute atomic E-state index is 0.00962. The van der Waals surface area contributed by atoms with Gasteiger partial charge in [-0.3, -0.25) is 0 Å². The van der Waals surface area contributed by atoms with E-state index < -0.39 is 6.03 Å². The lowest BCUT2D eigenvalue weighted by Gasteiger charge is -2.20. The molecule has 2 aromatic carbocycles. The van der Waals surface area contributed by atoms with E-state index in [4.69, 9.17) is 27.9 Å². The van der Waals surface area contributed by atoms with Gasteiger partial charge in [0, 0.05) is 11.9 Å². The van der Waals surface area contributed by atoms with Gasteiger partial charge in [0.25, 0.3) is 0 Å². The van der Waals surface area contributed by atoms with E-state index in [1.807, 2.05) is 18.2 Å². The first-order chi connectivity index (χ1) is 13.7. The molecule has 1 heterocycles. The van der Waals surface area contributed by atoms with Crippen LogP contribution in [0.15, 0.2) is 60.8 Å². The molecule has 2 amide bonds. The SMILES string of the molecule is CC(C)(C)c1cccc(Oc2ncccc2NC(=O)Nc2ccc(Cl)c(Cl)c2)c1. The summed E-state index contributed by atoms with van der Waals surface area (Å²) in [5.41, 5.74) is 2.08. The molecule has 29 heavy (non-hydrogen) atoms. The first-order valence-electron chi connectivity index (χ1n) is 8.99. The van der Waals surface area contributed by atoms with E-state index in [2.05, 4.69) is 42.5 Å². The van der Waals surface area contributed by atoms with Gasteiger partial charge in [0.1, 0.15) is 11.4 Å². The molecule has 0 radical (unpaired) electrons. The van der Waals surface area contributed by atoms with Crippen LogP contribution >= 0.6 is 23.2 Å². The smallest absolute Gasteiger partial charge is 0.323 e. The predicted octanol–water partition coefficient (Wildman–Crippen LogP) is 7.12. The van der Waals surface area contributed by atoms with Crippen molar-refractivity contribution < 1.29 is 9.53 Å². The highest BCUT2D eigenvalue weighted by molar-refractivity contribution is 6.42. The zero-order valence-electron chi connectivity index (χ0n) is 16.3. The topological polar surface area (TPSA) is 63.2 Å². The van der Waals surface area contributed by atoms with E-state index in [1.54, 1.807) is 36.5 Å².